The molecule has 1 saturated carbocycles. The first kappa shape index (κ1) is 34.8. The number of hydrogen-bond acceptors (Lipinski definition) is 8. The highest BCUT2D eigenvalue weighted by Gasteiger charge is 2.39. The van der Waals surface area contributed by atoms with Gasteiger partial charge in [0.15, 0.2) is 0 Å². The molecule has 248 valence electrons. The van der Waals surface area contributed by atoms with Crippen LogP contribution in [-0.4, -0.2) is 66.7 Å². The molecule has 3 aromatic rings. The maximum Gasteiger partial charge on any atom is 0.407 e. The van der Waals surface area contributed by atoms with Crippen molar-refractivity contribution in [2.45, 2.75) is 64.2 Å². The highest BCUT2D eigenvalue weighted by Crippen LogP contribution is 2.40. The van der Waals surface area contributed by atoms with Gasteiger partial charge >= 0.3 is 6.09 Å². The van der Waals surface area contributed by atoms with E-state index >= 15 is 0 Å². The second-order valence-corrected chi connectivity index (χ2v) is 14.7. The zero-order valence-corrected chi connectivity index (χ0v) is 27.0. The van der Waals surface area contributed by atoms with E-state index in [2.05, 4.69) is 20.6 Å². The molecule has 1 fully saturated rings. The second-order valence-electron chi connectivity index (χ2n) is 12.4. The fourth-order valence-corrected chi connectivity index (χ4v) is 5.91. The number of alkyl carbamates (subject to hydrolysis) is 1. The van der Waals surface area contributed by atoms with Gasteiger partial charge in [0.05, 0.1) is 42.0 Å². The van der Waals surface area contributed by atoms with Crippen LogP contribution in [0.25, 0.3) is 11.3 Å². The Morgan fingerprint density at radius 3 is 2.37 bits per heavy atom. The van der Waals surface area contributed by atoms with Crippen LogP contribution in [0.1, 0.15) is 62.5 Å². The number of nitrogens with one attached hydrogen (secondary N) is 2. The van der Waals surface area contributed by atoms with E-state index < -0.39 is 68.3 Å². The van der Waals surface area contributed by atoms with Crippen molar-refractivity contribution in [1.29, 1.82) is 0 Å². The van der Waals surface area contributed by atoms with E-state index in [0.29, 0.717) is 24.1 Å². The first-order chi connectivity index (χ1) is 21.5. The van der Waals surface area contributed by atoms with Gasteiger partial charge in [-0.1, -0.05) is 13.0 Å². The first-order valence-corrected chi connectivity index (χ1v) is 16.7. The monoisotopic (exact) mass is 662 g/mol. The zero-order valence-electron chi connectivity index (χ0n) is 26.1. The standard InChI is InChI=1S/C32H37F3N4O6S/c1-18-15-19(16-25(39-31(41)45-32(2,3)4)29(18)44-13-14-46(5,42)43)20-11-12-36-17-26(20)38-30(40)24-10-9-23(35)28(37-24)27-21(33)7-6-8-22(27)34/h6-12,17-19,25,29H,13-16H2,1-5H3,(H,38,40)(H,39,41)/t18-,19+,25+,29-/m1/s1. The molecule has 1 aliphatic carbocycles. The summed E-state index contributed by atoms with van der Waals surface area (Å²) in [5.41, 5.74) is -1.37. The van der Waals surface area contributed by atoms with Gasteiger partial charge in [0, 0.05) is 12.5 Å². The molecule has 2 amide bonds. The number of halogens is 3. The van der Waals surface area contributed by atoms with Crippen molar-refractivity contribution in [3.63, 3.8) is 0 Å². The van der Waals surface area contributed by atoms with Gasteiger partial charge in [-0.25, -0.2) is 31.4 Å². The van der Waals surface area contributed by atoms with Crippen LogP contribution in [0.4, 0.5) is 23.7 Å². The highest BCUT2D eigenvalue weighted by atomic mass is 32.2. The fourth-order valence-electron chi connectivity index (χ4n) is 5.51. The zero-order chi connectivity index (χ0) is 33.8. The van der Waals surface area contributed by atoms with E-state index in [4.69, 9.17) is 9.47 Å². The van der Waals surface area contributed by atoms with E-state index in [-0.39, 0.29) is 29.9 Å². The number of anilines is 1. The SMILES string of the molecule is C[C@@H]1C[C@H](c2ccncc2NC(=O)c2ccc(F)c(-c3c(F)cccc3F)n2)C[C@H](NC(=O)OC(C)(C)C)[C@@H]1OCCS(C)(=O)=O. The Hall–Kier alpha value is -4.04. The molecule has 46 heavy (non-hydrogen) atoms. The predicted molar refractivity (Wildman–Crippen MR) is 165 cm³/mol. The van der Waals surface area contributed by atoms with Crippen LogP contribution in [0.2, 0.25) is 0 Å². The third-order valence-electron chi connectivity index (χ3n) is 7.44. The average Bonchev–Trinajstić information content (AvgIpc) is 2.93. The number of aromatic nitrogens is 2. The van der Waals surface area contributed by atoms with Crippen molar-refractivity contribution in [3.05, 3.63) is 77.5 Å². The van der Waals surface area contributed by atoms with Gasteiger partial charge < -0.3 is 20.1 Å². The minimum Gasteiger partial charge on any atom is -0.444 e. The molecule has 0 bridgehead atoms. The van der Waals surface area contributed by atoms with E-state index in [1.54, 1.807) is 33.0 Å². The van der Waals surface area contributed by atoms with Crippen molar-refractivity contribution in [2.24, 2.45) is 5.92 Å². The summed E-state index contributed by atoms with van der Waals surface area (Å²) in [6, 6.07) is 6.23. The summed E-state index contributed by atoms with van der Waals surface area (Å²) in [7, 11) is -3.27. The van der Waals surface area contributed by atoms with Crippen LogP contribution in [-0.2, 0) is 19.3 Å². The maximum absolute atomic E-state index is 14.6. The van der Waals surface area contributed by atoms with Gasteiger partial charge in [-0.15, -0.1) is 0 Å². The molecule has 4 atom stereocenters. The van der Waals surface area contributed by atoms with Crippen LogP contribution in [0, 0.1) is 23.4 Å². The smallest absolute Gasteiger partial charge is 0.407 e. The molecule has 0 unspecified atom stereocenters. The minimum absolute atomic E-state index is 0.0506. The van der Waals surface area contributed by atoms with Crippen LogP contribution < -0.4 is 10.6 Å². The second kappa shape index (κ2) is 14.2. The highest BCUT2D eigenvalue weighted by molar-refractivity contribution is 7.90. The van der Waals surface area contributed by atoms with E-state index in [1.165, 1.54) is 6.20 Å². The summed E-state index contributed by atoms with van der Waals surface area (Å²) in [6.07, 6.45) is 3.83. The number of nitrogens with zero attached hydrogens (tertiary/aromatic N) is 2. The summed E-state index contributed by atoms with van der Waals surface area (Å²) >= 11 is 0. The minimum atomic E-state index is -3.27. The van der Waals surface area contributed by atoms with E-state index in [0.717, 1.165) is 36.6 Å². The van der Waals surface area contributed by atoms with Crippen molar-refractivity contribution in [2.75, 3.05) is 23.9 Å². The molecule has 14 heteroatoms. The van der Waals surface area contributed by atoms with Crippen LogP contribution in [0.5, 0.6) is 0 Å². The Bertz CT molecular complexity index is 1680. The fraction of sp³-hybridized carbons (Fsp3) is 0.438. The summed E-state index contributed by atoms with van der Waals surface area (Å²) in [4.78, 5) is 34.2. The third-order valence-corrected chi connectivity index (χ3v) is 8.35. The van der Waals surface area contributed by atoms with E-state index in [9.17, 15) is 31.2 Å². The number of ether oxygens (including phenoxy) is 2. The summed E-state index contributed by atoms with van der Waals surface area (Å²) in [6.45, 7) is 7.07. The van der Waals surface area contributed by atoms with Crippen LogP contribution >= 0.6 is 0 Å². The van der Waals surface area contributed by atoms with Crippen molar-refractivity contribution >= 4 is 27.5 Å². The summed E-state index contributed by atoms with van der Waals surface area (Å²) in [5.74, 6) is -4.39. The topological polar surface area (TPSA) is 137 Å². The lowest BCUT2D eigenvalue weighted by atomic mass is 9.74. The molecule has 0 spiro atoms. The Balaban J connectivity index is 1.59. The Morgan fingerprint density at radius 1 is 1.02 bits per heavy atom. The average molecular weight is 663 g/mol. The lowest BCUT2D eigenvalue weighted by Gasteiger charge is -2.41. The maximum atomic E-state index is 14.6. The molecule has 1 aromatic carbocycles. The quantitative estimate of drug-likeness (QED) is 0.300. The van der Waals surface area contributed by atoms with E-state index in [1.807, 2.05) is 6.92 Å². The number of amides is 2. The third kappa shape index (κ3) is 9.03. The molecule has 2 aromatic heterocycles. The number of hydrogen-bond donors (Lipinski definition) is 2. The Morgan fingerprint density at radius 2 is 1.72 bits per heavy atom. The largest absolute Gasteiger partial charge is 0.444 e. The molecule has 2 N–H and O–H groups in total. The summed E-state index contributed by atoms with van der Waals surface area (Å²) in [5, 5.41) is 5.61. The van der Waals surface area contributed by atoms with Gasteiger partial charge in [-0.2, -0.15) is 0 Å². The van der Waals surface area contributed by atoms with Gasteiger partial charge in [-0.05, 0) is 81.3 Å². The first-order valence-electron chi connectivity index (χ1n) is 14.7. The van der Waals surface area contributed by atoms with Gasteiger partial charge in [0.1, 0.15) is 44.3 Å². The van der Waals surface area contributed by atoms with Crippen LogP contribution in [0.15, 0.2) is 48.8 Å². The number of benzene rings is 1. The normalized spacial score (nSPS) is 20.2. The lowest BCUT2D eigenvalue weighted by molar-refractivity contribution is -0.0288. The molecule has 10 nitrogen and oxygen atoms in total. The molecular formula is C32H37F3N4O6S. The number of pyridine rings is 2. The number of rotatable bonds is 9. The van der Waals surface area contributed by atoms with Crippen molar-refractivity contribution in [3.8, 4) is 11.3 Å². The van der Waals surface area contributed by atoms with Gasteiger partial charge in [0.25, 0.3) is 5.91 Å². The lowest BCUT2D eigenvalue weighted by Crippen LogP contribution is -2.52. The summed E-state index contributed by atoms with van der Waals surface area (Å²) < 4.78 is 78.3. The predicted octanol–water partition coefficient (Wildman–Crippen LogP) is 5.65. The number of sulfone groups is 1. The molecule has 0 saturated heterocycles. The number of carbonyl (C=O) groups is 2. The van der Waals surface area contributed by atoms with Crippen LogP contribution in [0.3, 0.4) is 0 Å². The van der Waals surface area contributed by atoms with Crippen molar-refractivity contribution in [1.82, 2.24) is 15.3 Å². The van der Waals surface area contributed by atoms with Crippen molar-refractivity contribution < 1.29 is 40.7 Å². The van der Waals surface area contributed by atoms with Gasteiger partial charge in [0.2, 0.25) is 0 Å². The molecular weight excluding hydrogens is 625 g/mol. The molecule has 0 radical (unpaired) electrons. The van der Waals surface area contributed by atoms with Gasteiger partial charge in [-0.3, -0.25) is 9.78 Å². The molecule has 0 aliphatic heterocycles. The Labute approximate surface area is 266 Å². The number of carbonyl (C=O) groups excluding carboxylic acids is 2. The molecule has 1 aliphatic rings. The molecule has 2 heterocycles. The Kier molecular flexibility index (Phi) is 10.7. The molecule has 4 rings (SSSR count).